The zero-order chi connectivity index (χ0) is 15.2. The Hall–Kier alpha value is -1.53. The van der Waals surface area contributed by atoms with E-state index in [1.807, 2.05) is 0 Å². The van der Waals surface area contributed by atoms with Gasteiger partial charge < -0.3 is 10.6 Å². The van der Waals surface area contributed by atoms with Gasteiger partial charge in [0.25, 0.3) is 0 Å². The van der Waals surface area contributed by atoms with Gasteiger partial charge in [0.05, 0.1) is 0 Å². The highest BCUT2D eigenvalue weighted by molar-refractivity contribution is 5.46. The van der Waals surface area contributed by atoms with Crippen molar-refractivity contribution in [3.63, 3.8) is 0 Å². The molecular weight excluding hydrogens is 281 g/mol. The van der Waals surface area contributed by atoms with Crippen LogP contribution in [0.5, 0.6) is 0 Å². The summed E-state index contributed by atoms with van der Waals surface area (Å²) in [6.07, 6.45) is 0.448. The Morgan fingerprint density at radius 1 is 1.29 bits per heavy atom. The van der Waals surface area contributed by atoms with Gasteiger partial charge in [-0.25, -0.2) is 9.97 Å². The van der Waals surface area contributed by atoms with Crippen LogP contribution in [0.25, 0.3) is 0 Å². The molecule has 1 heterocycles. The third-order valence-corrected chi connectivity index (χ3v) is 4.77. The number of nitrogens with two attached hydrogens (primary N) is 1. The summed E-state index contributed by atoms with van der Waals surface area (Å²) in [7, 11) is 1.77. The van der Waals surface area contributed by atoms with Gasteiger partial charge in [0, 0.05) is 19.7 Å². The van der Waals surface area contributed by atoms with Crippen molar-refractivity contribution in [3.8, 4) is 0 Å². The van der Waals surface area contributed by atoms with E-state index in [2.05, 4.69) is 9.97 Å². The molecule has 1 aromatic heterocycles. The van der Waals surface area contributed by atoms with E-state index in [0.717, 1.165) is 18.4 Å². The Morgan fingerprint density at radius 3 is 2.62 bits per heavy atom. The van der Waals surface area contributed by atoms with Crippen molar-refractivity contribution in [1.29, 1.82) is 0 Å². The van der Waals surface area contributed by atoms with Gasteiger partial charge in [-0.05, 0) is 37.0 Å². The fourth-order valence-corrected chi connectivity index (χ4v) is 3.82. The highest BCUT2D eigenvalue weighted by atomic mass is 19.4. The molecule has 0 radical (unpaired) electrons. The minimum Gasteiger partial charge on any atom is -0.384 e. The molecule has 21 heavy (non-hydrogen) atoms. The topological polar surface area (TPSA) is 55.0 Å². The van der Waals surface area contributed by atoms with E-state index >= 15 is 0 Å². The number of fused-ring (bicyclic) bond motifs is 2. The van der Waals surface area contributed by atoms with Crippen LogP contribution >= 0.6 is 0 Å². The van der Waals surface area contributed by atoms with Crippen LogP contribution in [0.4, 0.5) is 24.8 Å². The highest BCUT2D eigenvalue weighted by Gasteiger charge is 2.40. The third kappa shape index (κ3) is 2.91. The smallest absolute Gasteiger partial charge is 0.384 e. The maximum atomic E-state index is 12.7. The van der Waals surface area contributed by atoms with Crippen molar-refractivity contribution in [1.82, 2.24) is 9.97 Å². The lowest BCUT2D eigenvalue weighted by Crippen LogP contribution is -2.30. The molecule has 2 aliphatic rings. The monoisotopic (exact) mass is 300 g/mol. The minimum absolute atomic E-state index is 0.146. The molecule has 1 aromatic rings. The molecule has 116 valence electrons. The van der Waals surface area contributed by atoms with Gasteiger partial charge >= 0.3 is 6.18 Å². The van der Waals surface area contributed by atoms with Crippen molar-refractivity contribution in [2.45, 2.75) is 31.9 Å². The first-order chi connectivity index (χ1) is 9.83. The molecule has 2 N–H and O–H groups in total. The summed E-state index contributed by atoms with van der Waals surface area (Å²) >= 11 is 0. The van der Waals surface area contributed by atoms with Gasteiger partial charge in [-0.2, -0.15) is 13.2 Å². The van der Waals surface area contributed by atoms with E-state index in [9.17, 15) is 13.2 Å². The molecule has 2 aliphatic carbocycles. The van der Waals surface area contributed by atoms with E-state index in [1.54, 1.807) is 11.9 Å². The number of hydrogen-bond donors (Lipinski definition) is 1. The van der Waals surface area contributed by atoms with Gasteiger partial charge in [-0.15, -0.1) is 0 Å². The molecule has 0 amide bonds. The summed E-state index contributed by atoms with van der Waals surface area (Å²) in [5.41, 5.74) is 5.48. The lowest BCUT2D eigenvalue weighted by Gasteiger charge is -2.28. The van der Waals surface area contributed by atoms with Gasteiger partial charge in [0.15, 0.2) is 0 Å². The van der Waals surface area contributed by atoms with Crippen LogP contribution in [0.15, 0.2) is 6.07 Å². The van der Waals surface area contributed by atoms with Crippen molar-refractivity contribution in [2.75, 3.05) is 24.2 Å². The van der Waals surface area contributed by atoms with Crippen LogP contribution in [0, 0.1) is 17.8 Å². The number of anilines is 2. The van der Waals surface area contributed by atoms with E-state index in [0.29, 0.717) is 5.92 Å². The fourth-order valence-electron chi connectivity index (χ4n) is 3.82. The average molecular weight is 300 g/mol. The summed E-state index contributed by atoms with van der Waals surface area (Å²) in [6.45, 7) is 0.731. The van der Waals surface area contributed by atoms with Crippen LogP contribution in [-0.4, -0.2) is 23.6 Å². The van der Waals surface area contributed by atoms with E-state index in [-0.39, 0.29) is 11.6 Å². The molecule has 0 spiro atoms. The standard InChI is InChI=1S/C14H19F3N4/c1-21(7-10-5-8-2-3-9(10)4-8)12-6-11(18)19-13(20-12)14(15,16)17/h6,8-10H,2-5,7H2,1H3,(H2,18,19,20). The maximum absolute atomic E-state index is 12.7. The predicted octanol–water partition coefficient (Wildman–Crippen LogP) is 2.95. The Labute approximate surface area is 121 Å². The molecular formula is C14H19F3N4. The van der Waals surface area contributed by atoms with Crippen LogP contribution in [0.2, 0.25) is 0 Å². The number of alkyl halides is 3. The minimum atomic E-state index is -4.57. The molecule has 3 unspecified atom stereocenters. The van der Waals surface area contributed by atoms with Crippen LogP contribution in [0.3, 0.4) is 0 Å². The van der Waals surface area contributed by atoms with Crippen molar-refractivity contribution >= 4 is 11.6 Å². The molecule has 2 bridgehead atoms. The summed E-state index contributed by atoms with van der Waals surface area (Å²) in [6, 6.07) is 1.41. The van der Waals surface area contributed by atoms with Gasteiger partial charge in [0.1, 0.15) is 11.6 Å². The SMILES string of the molecule is CN(CC1CC2CCC1C2)c1cc(N)nc(C(F)(F)F)n1. The fraction of sp³-hybridized carbons (Fsp3) is 0.714. The molecule has 0 aromatic carbocycles. The Morgan fingerprint density at radius 2 is 2.05 bits per heavy atom. The second kappa shape index (κ2) is 5.03. The number of hydrogen-bond acceptors (Lipinski definition) is 4. The molecule has 0 saturated heterocycles. The normalized spacial score (nSPS) is 28.1. The van der Waals surface area contributed by atoms with Crippen LogP contribution in [0.1, 0.15) is 31.5 Å². The summed E-state index contributed by atoms with van der Waals surface area (Å²) in [5, 5.41) is 0. The number of nitrogens with zero attached hydrogens (tertiary/aromatic N) is 3. The quantitative estimate of drug-likeness (QED) is 0.932. The first kappa shape index (κ1) is 14.4. The second-order valence-corrected chi connectivity index (χ2v) is 6.29. The Bertz CT molecular complexity index is 531. The predicted molar refractivity (Wildman–Crippen MR) is 73.7 cm³/mol. The van der Waals surface area contributed by atoms with E-state index < -0.39 is 12.0 Å². The maximum Gasteiger partial charge on any atom is 0.451 e. The van der Waals surface area contributed by atoms with Crippen LogP contribution < -0.4 is 10.6 Å². The summed E-state index contributed by atoms with van der Waals surface area (Å²) in [4.78, 5) is 8.67. The van der Waals surface area contributed by atoms with E-state index in [1.165, 1.54) is 31.7 Å². The third-order valence-electron chi connectivity index (χ3n) is 4.77. The van der Waals surface area contributed by atoms with Crippen molar-refractivity contribution in [3.05, 3.63) is 11.9 Å². The molecule has 7 heteroatoms. The van der Waals surface area contributed by atoms with Crippen LogP contribution in [-0.2, 0) is 6.18 Å². The number of aromatic nitrogens is 2. The van der Waals surface area contributed by atoms with Crippen molar-refractivity contribution < 1.29 is 13.2 Å². The molecule has 0 aliphatic heterocycles. The van der Waals surface area contributed by atoms with Gasteiger partial charge in [-0.1, -0.05) is 6.42 Å². The highest BCUT2D eigenvalue weighted by Crippen LogP contribution is 2.48. The molecule has 4 nitrogen and oxygen atoms in total. The lowest BCUT2D eigenvalue weighted by molar-refractivity contribution is -0.144. The number of nitrogen functional groups attached to an aromatic ring is 1. The molecule has 3 atom stereocenters. The molecule has 2 saturated carbocycles. The zero-order valence-electron chi connectivity index (χ0n) is 11.9. The Kier molecular flexibility index (Phi) is 3.45. The van der Waals surface area contributed by atoms with Gasteiger partial charge in [0.2, 0.25) is 5.82 Å². The first-order valence-corrected chi connectivity index (χ1v) is 7.26. The zero-order valence-corrected chi connectivity index (χ0v) is 11.9. The summed E-state index contributed by atoms with van der Waals surface area (Å²) in [5.74, 6) is 1.02. The van der Waals surface area contributed by atoms with Gasteiger partial charge in [-0.3, -0.25) is 0 Å². The molecule has 2 fully saturated rings. The van der Waals surface area contributed by atoms with Crippen molar-refractivity contribution in [2.24, 2.45) is 17.8 Å². The number of rotatable bonds is 3. The first-order valence-electron chi connectivity index (χ1n) is 7.26. The van der Waals surface area contributed by atoms with E-state index in [4.69, 9.17) is 5.73 Å². The Balaban J connectivity index is 1.75. The average Bonchev–Trinajstić information content (AvgIpc) is 2.99. The molecule has 3 rings (SSSR count). The largest absolute Gasteiger partial charge is 0.451 e. The number of halogens is 3. The summed E-state index contributed by atoms with van der Waals surface area (Å²) < 4.78 is 38.2. The lowest BCUT2D eigenvalue weighted by atomic mass is 9.88. The second-order valence-electron chi connectivity index (χ2n) is 6.29.